The number of para-hydroxylation sites is 1. The molecule has 0 aliphatic heterocycles. The summed E-state index contributed by atoms with van der Waals surface area (Å²) in [6, 6.07) is 18.0. The van der Waals surface area contributed by atoms with Gasteiger partial charge in [0.05, 0.1) is 11.3 Å². The van der Waals surface area contributed by atoms with Crippen molar-refractivity contribution in [1.82, 2.24) is 9.38 Å². The highest BCUT2D eigenvalue weighted by atomic mass is 32.1. The van der Waals surface area contributed by atoms with Crippen molar-refractivity contribution in [2.45, 2.75) is 20.1 Å². The van der Waals surface area contributed by atoms with Gasteiger partial charge in [0.2, 0.25) is 0 Å². The summed E-state index contributed by atoms with van der Waals surface area (Å²) in [7, 11) is 0. The predicted octanol–water partition coefficient (Wildman–Crippen LogP) is 4.00. The minimum atomic E-state index is -0.468. The molecule has 0 aliphatic carbocycles. The maximum atomic E-state index is 12.3. The molecule has 0 saturated carbocycles. The van der Waals surface area contributed by atoms with Gasteiger partial charge >= 0.3 is 5.97 Å². The Bertz CT molecular complexity index is 1200. The summed E-state index contributed by atoms with van der Waals surface area (Å²) in [5.41, 5.74) is 2.46. The highest BCUT2D eigenvalue weighted by Crippen LogP contribution is 2.14. The predicted molar refractivity (Wildman–Crippen MR) is 110 cm³/mol. The topological polar surface area (TPSA) is 69.9 Å². The van der Waals surface area contributed by atoms with Crippen LogP contribution in [0.25, 0.3) is 4.96 Å². The van der Waals surface area contributed by atoms with Crippen LogP contribution in [-0.4, -0.2) is 15.4 Å². The van der Waals surface area contributed by atoms with Crippen LogP contribution in [0, 0.1) is 6.92 Å². The first kappa shape index (κ1) is 18.9. The Labute approximate surface area is 171 Å². The van der Waals surface area contributed by atoms with E-state index >= 15 is 0 Å². The van der Waals surface area contributed by atoms with Crippen molar-refractivity contribution in [3.8, 4) is 5.75 Å². The van der Waals surface area contributed by atoms with Crippen LogP contribution in [0.3, 0.4) is 0 Å². The molecule has 0 fully saturated rings. The number of esters is 1. The van der Waals surface area contributed by atoms with Gasteiger partial charge in [0, 0.05) is 17.1 Å². The van der Waals surface area contributed by atoms with E-state index in [1.165, 1.54) is 21.8 Å². The zero-order chi connectivity index (χ0) is 20.2. The lowest BCUT2D eigenvalue weighted by atomic mass is 10.1. The maximum Gasteiger partial charge on any atom is 0.338 e. The van der Waals surface area contributed by atoms with E-state index in [2.05, 4.69) is 4.98 Å². The minimum Gasteiger partial charge on any atom is -0.489 e. The lowest BCUT2D eigenvalue weighted by Crippen LogP contribution is -2.16. The van der Waals surface area contributed by atoms with Gasteiger partial charge in [-0.15, -0.1) is 11.3 Å². The van der Waals surface area contributed by atoms with Crippen LogP contribution in [0.4, 0.5) is 0 Å². The number of carbonyl (C=O) groups excluding carboxylic acids is 1. The summed E-state index contributed by atoms with van der Waals surface area (Å²) in [6.45, 7) is 2.20. The Morgan fingerprint density at radius 3 is 2.59 bits per heavy atom. The van der Waals surface area contributed by atoms with E-state index in [1.54, 1.807) is 12.1 Å². The van der Waals surface area contributed by atoms with Crippen LogP contribution in [0.2, 0.25) is 0 Å². The molecule has 0 atom stereocenters. The summed E-state index contributed by atoms with van der Waals surface area (Å²) in [5.74, 6) is 0.321. The lowest BCUT2D eigenvalue weighted by molar-refractivity contribution is 0.0467. The van der Waals surface area contributed by atoms with Crippen molar-refractivity contribution in [3.05, 3.63) is 98.9 Å². The molecule has 0 unspecified atom stereocenters. The molecule has 0 amide bonds. The third-order valence-corrected chi connectivity index (χ3v) is 5.26. The van der Waals surface area contributed by atoms with Crippen molar-refractivity contribution >= 4 is 22.3 Å². The fraction of sp³-hybridized carbons (Fsp3) is 0.136. The zero-order valence-electron chi connectivity index (χ0n) is 15.7. The third kappa shape index (κ3) is 4.35. The average Bonchev–Trinajstić information content (AvgIpc) is 3.13. The van der Waals surface area contributed by atoms with Gasteiger partial charge in [-0.05, 0) is 36.8 Å². The van der Waals surface area contributed by atoms with E-state index in [0.29, 0.717) is 22.8 Å². The van der Waals surface area contributed by atoms with E-state index in [0.717, 1.165) is 17.0 Å². The van der Waals surface area contributed by atoms with Gasteiger partial charge in [0.25, 0.3) is 5.56 Å². The molecular formula is C22H18N2O4S. The second kappa shape index (κ2) is 8.28. The molecule has 0 aliphatic rings. The van der Waals surface area contributed by atoms with Gasteiger partial charge in [0.15, 0.2) is 4.96 Å². The normalized spacial score (nSPS) is 10.8. The molecule has 2 aromatic heterocycles. The van der Waals surface area contributed by atoms with E-state index < -0.39 is 5.97 Å². The van der Waals surface area contributed by atoms with Crippen molar-refractivity contribution in [1.29, 1.82) is 0 Å². The van der Waals surface area contributed by atoms with Gasteiger partial charge in [0.1, 0.15) is 19.0 Å². The van der Waals surface area contributed by atoms with Gasteiger partial charge < -0.3 is 9.47 Å². The first-order valence-corrected chi connectivity index (χ1v) is 9.89. The summed E-state index contributed by atoms with van der Waals surface area (Å²) in [5, 5.41) is 1.86. The molecule has 0 bridgehead atoms. The number of fused-ring (bicyclic) bond motifs is 1. The molecule has 2 heterocycles. The number of carbonyl (C=O) groups is 1. The van der Waals surface area contributed by atoms with Crippen molar-refractivity contribution < 1.29 is 14.3 Å². The van der Waals surface area contributed by atoms with Crippen molar-refractivity contribution in [2.24, 2.45) is 0 Å². The molecule has 6 nitrogen and oxygen atoms in total. The number of benzene rings is 2. The largest absolute Gasteiger partial charge is 0.489 e. The van der Waals surface area contributed by atoms with Crippen LogP contribution in [-0.2, 0) is 18.0 Å². The number of thiazole rings is 1. The quantitative estimate of drug-likeness (QED) is 0.453. The number of ether oxygens (including phenoxy) is 2. The van der Waals surface area contributed by atoms with Crippen LogP contribution in [0.15, 0.2) is 70.8 Å². The SMILES string of the molecule is Cc1csc2nc(COC(=O)c3ccc(COc4ccccc4)cc3)cc(=O)n12. The third-order valence-electron chi connectivity index (χ3n) is 4.32. The maximum absolute atomic E-state index is 12.3. The van der Waals surface area contributed by atoms with Crippen LogP contribution < -0.4 is 10.3 Å². The second-order valence-corrected chi connectivity index (χ2v) is 7.29. The fourth-order valence-corrected chi connectivity index (χ4v) is 3.71. The van der Waals surface area contributed by atoms with Crippen molar-refractivity contribution in [2.75, 3.05) is 0 Å². The van der Waals surface area contributed by atoms with Crippen LogP contribution in [0.1, 0.15) is 27.3 Å². The van der Waals surface area contributed by atoms with Gasteiger partial charge in [-0.2, -0.15) is 0 Å². The molecule has 29 heavy (non-hydrogen) atoms. The van der Waals surface area contributed by atoms with Gasteiger partial charge in [-0.1, -0.05) is 30.3 Å². The molecule has 0 spiro atoms. The molecule has 2 aromatic carbocycles. The van der Waals surface area contributed by atoms with E-state index in [9.17, 15) is 9.59 Å². The van der Waals surface area contributed by atoms with Gasteiger partial charge in [-0.25, -0.2) is 9.78 Å². The first-order chi connectivity index (χ1) is 14.1. The molecule has 4 aromatic rings. The molecule has 146 valence electrons. The average molecular weight is 406 g/mol. The summed E-state index contributed by atoms with van der Waals surface area (Å²) in [6.07, 6.45) is 0. The molecule has 7 heteroatoms. The smallest absolute Gasteiger partial charge is 0.338 e. The number of hydrogen-bond donors (Lipinski definition) is 0. The Morgan fingerprint density at radius 1 is 1.07 bits per heavy atom. The zero-order valence-corrected chi connectivity index (χ0v) is 16.5. The fourth-order valence-electron chi connectivity index (χ4n) is 2.82. The summed E-state index contributed by atoms with van der Waals surface area (Å²) >= 11 is 1.38. The number of hydrogen-bond acceptors (Lipinski definition) is 6. The Hall–Kier alpha value is -3.45. The Morgan fingerprint density at radius 2 is 1.83 bits per heavy atom. The highest BCUT2D eigenvalue weighted by molar-refractivity contribution is 7.15. The molecule has 4 rings (SSSR count). The molecule has 0 N–H and O–H groups in total. The number of nitrogens with zero attached hydrogens (tertiary/aromatic N) is 2. The molecule has 0 saturated heterocycles. The van der Waals surface area contributed by atoms with E-state index in [1.807, 2.05) is 54.8 Å². The Balaban J connectivity index is 1.37. The van der Waals surface area contributed by atoms with E-state index in [-0.39, 0.29) is 12.2 Å². The Kier molecular flexibility index (Phi) is 5.39. The number of aromatic nitrogens is 2. The second-order valence-electron chi connectivity index (χ2n) is 6.46. The number of aryl methyl sites for hydroxylation is 1. The minimum absolute atomic E-state index is 0.0552. The van der Waals surface area contributed by atoms with Crippen LogP contribution in [0.5, 0.6) is 5.75 Å². The first-order valence-electron chi connectivity index (χ1n) is 9.01. The highest BCUT2D eigenvalue weighted by Gasteiger charge is 2.11. The van der Waals surface area contributed by atoms with Crippen molar-refractivity contribution in [3.63, 3.8) is 0 Å². The molecular weight excluding hydrogens is 388 g/mol. The standard InChI is InChI=1S/C22H18N2O4S/c1-15-14-29-22-23-18(11-20(25)24(15)22)13-28-21(26)17-9-7-16(8-10-17)12-27-19-5-3-2-4-6-19/h2-11,14H,12-13H2,1H3. The van der Waals surface area contributed by atoms with Crippen LogP contribution >= 0.6 is 11.3 Å². The van der Waals surface area contributed by atoms with Gasteiger partial charge in [-0.3, -0.25) is 9.20 Å². The molecule has 0 radical (unpaired) electrons. The monoisotopic (exact) mass is 406 g/mol. The lowest BCUT2D eigenvalue weighted by Gasteiger charge is -2.08. The van der Waals surface area contributed by atoms with E-state index in [4.69, 9.17) is 9.47 Å². The summed E-state index contributed by atoms with van der Waals surface area (Å²) < 4.78 is 12.5. The number of rotatable bonds is 6. The summed E-state index contributed by atoms with van der Waals surface area (Å²) in [4.78, 5) is 29.4.